The highest BCUT2D eigenvalue weighted by Gasteiger charge is 2.23. The van der Waals surface area contributed by atoms with Crippen molar-refractivity contribution >= 4 is 11.6 Å². The molecule has 0 aromatic heterocycles. The van der Waals surface area contributed by atoms with Crippen LogP contribution in [0.2, 0.25) is 0 Å². The largest absolute Gasteiger partial charge is 0.371 e. The molecule has 1 fully saturated rings. The van der Waals surface area contributed by atoms with Gasteiger partial charge in [-0.1, -0.05) is 64.7 Å². The fourth-order valence-corrected chi connectivity index (χ4v) is 3.40. The van der Waals surface area contributed by atoms with E-state index in [1.807, 2.05) is 0 Å². The van der Waals surface area contributed by atoms with E-state index in [9.17, 15) is 0 Å². The highest BCUT2D eigenvalue weighted by Crippen LogP contribution is 2.14. The Morgan fingerprint density at radius 3 is 2.05 bits per heavy atom. The second kappa shape index (κ2) is 12.7. The second-order valence-corrected chi connectivity index (χ2v) is 6.97. The quantitative estimate of drug-likeness (QED) is 0.361. The number of nitrogens with zero attached hydrogens (tertiary/aromatic N) is 1. The number of morpholine rings is 1. The highest BCUT2D eigenvalue weighted by molar-refractivity contribution is 6.18. The summed E-state index contributed by atoms with van der Waals surface area (Å²) in [5.74, 6) is 0.624. The van der Waals surface area contributed by atoms with Crippen LogP contribution in [-0.2, 0) is 4.74 Å². The molecule has 1 aliphatic heterocycles. The Kier molecular flexibility index (Phi) is 11.7. The SMILES string of the molecule is CCCCCCCCCCCCN1CC(C)OC(CCl)C1. The van der Waals surface area contributed by atoms with Gasteiger partial charge in [-0.25, -0.2) is 0 Å². The molecule has 0 spiro atoms. The number of ether oxygens (including phenoxy) is 1. The van der Waals surface area contributed by atoms with Crippen molar-refractivity contribution in [3.05, 3.63) is 0 Å². The molecule has 0 amide bonds. The Labute approximate surface area is 137 Å². The van der Waals surface area contributed by atoms with Crippen molar-refractivity contribution < 1.29 is 4.74 Å². The molecule has 0 aromatic rings. The molecular weight excluding hydrogens is 282 g/mol. The van der Waals surface area contributed by atoms with Crippen molar-refractivity contribution in [1.82, 2.24) is 4.90 Å². The van der Waals surface area contributed by atoms with E-state index in [4.69, 9.17) is 16.3 Å². The minimum Gasteiger partial charge on any atom is -0.371 e. The number of unbranched alkanes of at least 4 members (excludes halogenated alkanes) is 9. The van der Waals surface area contributed by atoms with E-state index < -0.39 is 0 Å². The van der Waals surface area contributed by atoms with Crippen molar-refractivity contribution in [1.29, 1.82) is 0 Å². The topological polar surface area (TPSA) is 12.5 Å². The first-order chi connectivity index (χ1) is 10.3. The zero-order valence-corrected chi connectivity index (χ0v) is 15.0. The summed E-state index contributed by atoms with van der Waals surface area (Å²) in [6.07, 6.45) is 14.7. The normalized spacial score (nSPS) is 23.6. The molecule has 1 aliphatic rings. The van der Waals surface area contributed by atoms with Crippen LogP contribution in [0.4, 0.5) is 0 Å². The van der Waals surface area contributed by atoms with Crippen LogP contribution in [0.15, 0.2) is 0 Å². The molecule has 1 rings (SSSR count). The summed E-state index contributed by atoms with van der Waals surface area (Å²) in [4.78, 5) is 2.53. The Bertz CT molecular complexity index is 237. The monoisotopic (exact) mass is 317 g/mol. The van der Waals surface area contributed by atoms with E-state index in [0.717, 1.165) is 13.1 Å². The minimum atomic E-state index is 0.235. The number of rotatable bonds is 12. The van der Waals surface area contributed by atoms with Gasteiger partial charge in [-0.2, -0.15) is 0 Å². The van der Waals surface area contributed by atoms with Crippen LogP contribution in [0, 0.1) is 0 Å². The van der Waals surface area contributed by atoms with Crippen LogP contribution in [-0.4, -0.2) is 42.6 Å². The average molecular weight is 318 g/mol. The predicted octanol–water partition coefficient (Wildman–Crippen LogP) is 5.24. The first kappa shape index (κ1) is 19.3. The van der Waals surface area contributed by atoms with Gasteiger partial charge >= 0.3 is 0 Å². The van der Waals surface area contributed by atoms with Gasteiger partial charge in [0.1, 0.15) is 0 Å². The maximum Gasteiger partial charge on any atom is 0.0841 e. The molecule has 0 saturated carbocycles. The van der Waals surface area contributed by atoms with Gasteiger partial charge in [0.25, 0.3) is 0 Å². The van der Waals surface area contributed by atoms with E-state index in [1.165, 1.54) is 70.8 Å². The van der Waals surface area contributed by atoms with Gasteiger partial charge in [-0.15, -0.1) is 11.6 Å². The fraction of sp³-hybridized carbons (Fsp3) is 1.00. The number of alkyl halides is 1. The van der Waals surface area contributed by atoms with Crippen LogP contribution in [0.5, 0.6) is 0 Å². The maximum atomic E-state index is 5.92. The third-order valence-electron chi connectivity index (χ3n) is 4.40. The molecular formula is C18H36ClNO. The van der Waals surface area contributed by atoms with E-state index in [1.54, 1.807) is 0 Å². The Balaban J connectivity index is 1.89. The van der Waals surface area contributed by atoms with E-state index >= 15 is 0 Å². The molecule has 126 valence electrons. The van der Waals surface area contributed by atoms with Crippen LogP contribution < -0.4 is 0 Å². The predicted molar refractivity (Wildman–Crippen MR) is 93.3 cm³/mol. The molecule has 0 N–H and O–H groups in total. The number of halogens is 1. The Morgan fingerprint density at radius 1 is 0.905 bits per heavy atom. The molecule has 0 radical (unpaired) electrons. The van der Waals surface area contributed by atoms with Gasteiger partial charge in [0.15, 0.2) is 0 Å². The molecule has 21 heavy (non-hydrogen) atoms. The summed E-state index contributed by atoms with van der Waals surface area (Å²) in [6, 6.07) is 0. The van der Waals surface area contributed by atoms with Crippen LogP contribution in [0.3, 0.4) is 0 Å². The van der Waals surface area contributed by atoms with Crippen LogP contribution in [0.25, 0.3) is 0 Å². The van der Waals surface area contributed by atoms with Gasteiger partial charge in [0.05, 0.1) is 12.2 Å². The number of hydrogen-bond acceptors (Lipinski definition) is 2. The zero-order chi connectivity index (χ0) is 15.3. The fourth-order valence-electron chi connectivity index (χ4n) is 3.23. The molecule has 0 aromatic carbocycles. The van der Waals surface area contributed by atoms with E-state index in [2.05, 4.69) is 18.7 Å². The number of hydrogen-bond donors (Lipinski definition) is 0. The maximum absolute atomic E-state index is 5.92. The average Bonchev–Trinajstić information content (AvgIpc) is 2.48. The zero-order valence-electron chi connectivity index (χ0n) is 14.3. The lowest BCUT2D eigenvalue weighted by atomic mass is 10.1. The van der Waals surface area contributed by atoms with Gasteiger partial charge in [0, 0.05) is 19.0 Å². The third-order valence-corrected chi connectivity index (χ3v) is 4.75. The third kappa shape index (κ3) is 9.76. The van der Waals surface area contributed by atoms with Crippen molar-refractivity contribution in [3.8, 4) is 0 Å². The lowest BCUT2D eigenvalue weighted by Gasteiger charge is -2.36. The molecule has 1 saturated heterocycles. The lowest BCUT2D eigenvalue weighted by Crippen LogP contribution is -2.47. The lowest BCUT2D eigenvalue weighted by molar-refractivity contribution is -0.0665. The Morgan fingerprint density at radius 2 is 1.48 bits per heavy atom. The first-order valence-corrected chi connectivity index (χ1v) is 9.73. The summed E-state index contributed by atoms with van der Waals surface area (Å²) in [5, 5.41) is 0. The van der Waals surface area contributed by atoms with Gasteiger partial charge in [0.2, 0.25) is 0 Å². The molecule has 3 heteroatoms. The van der Waals surface area contributed by atoms with E-state index in [-0.39, 0.29) is 6.10 Å². The van der Waals surface area contributed by atoms with Crippen molar-refractivity contribution in [3.63, 3.8) is 0 Å². The summed E-state index contributed by atoms with van der Waals surface area (Å²) in [7, 11) is 0. The van der Waals surface area contributed by atoms with Crippen LogP contribution >= 0.6 is 11.6 Å². The molecule has 0 aliphatic carbocycles. The van der Waals surface area contributed by atoms with Crippen LogP contribution in [0.1, 0.15) is 78.1 Å². The second-order valence-electron chi connectivity index (χ2n) is 6.66. The van der Waals surface area contributed by atoms with Gasteiger partial charge < -0.3 is 4.74 Å². The van der Waals surface area contributed by atoms with E-state index in [0.29, 0.717) is 12.0 Å². The van der Waals surface area contributed by atoms with Gasteiger partial charge in [-0.05, 0) is 19.9 Å². The summed E-state index contributed by atoms with van der Waals surface area (Å²) < 4.78 is 5.79. The van der Waals surface area contributed by atoms with Crippen molar-refractivity contribution in [2.45, 2.75) is 90.3 Å². The molecule has 2 nitrogen and oxygen atoms in total. The standard InChI is InChI=1S/C18H36ClNO/c1-3-4-5-6-7-8-9-10-11-12-13-20-15-17(2)21-18(14-19)16-20/h17-18H,3-16H2,1-2H3. The smallest absolute Gasteiger partial charge is 0.0841 e. The van der Waals surface area contributed by atoms with Crippen molar-refractivity contribution in [2.24, 2.45) is 0 Å². The summed E-state index contributed by atoms with van der Waals surface area (Å²) >= 11 is 5.92. The molecule has 2 unspecified atom stereocenters. The first-order valence-electron chi connectivity index (χ1n) is 9.20. The Hall–Kier alpha value is 0.210. The van der Waals surface area contributed by atoms with Gasteiger partial charge in [-0.3, -0.25) is 4.90 Å². The molecule has 1 heterocycles. The molecule has 0 bridgehead atoms. The minimum absolute atomic E-state index is 0.235. The summed E-state index contributed by atoms with van der Waals surface area (Å²) in [5.41, 5.74) is 0. The van der Waals surface area contributed by atoms with Crippen molar-refractivity contribution in [2.75, 3.05) is 25.5 Å². The summed E-state index contributed by atoms with van der Waals surface area (Å²) in [6.45, 7) is 7.75. The molecule has 2 atom stereocenters. The highest BCUT2D eigenvalue weighted by atomic mass is 35.5.